The number of primary sulfonamides is 1. The number of aromatic carboxylic acids is 1. The molecular weight excluding hydrogens is 618 g/mol. The molecule has 0 bridgehead atoms. The van der Waals surface area contributed by atoms with Gasteiger partial charge in [-0.15, -0.1) is 11.3 Å². The second-order valence-corrected chi connectivity index (χ2v) is 13.1. The highest BCUT2D eigenvalue weighted by atomic mass is 35.5. The van der Waals surface area contributed by atoms with Crippen LogP contribution in [0, 0.1) is 17.6 Å². The molecule has 1 aliphatic carbocycles. The second kappa shape index (κ2) is 11.3. The third kappa shape index (κ3) is 6.09. The number of nitrogens with zero attached hydrogens (tertiary/aromatic N) is 3. The van der Waals surface area contributed by atoms with Gasteiger partial charge in [0.1, 0.15) is 16.5 Å². The third-order valence-corrected chi connectivity index (χ3v) is 9.25. The molecular formula is C30H23ClF2N4O4S2. The van der Waals surface area contributed by atoms with Crippen molar-refractivity contribution in [1.82, 2.24) is 14.8 Å². The number of sulfonamides is 1. The summed E-state index contributed by atoms with van der Waals surface area (Å²) in [5, 5.41) is 21.8. The Morgan fingerprint density at radius 2 is 1.77 bits per heavy atom. The normalized spacial score (nSPS) is 13.4. The Bertz CT molecular complexity index is 1990. The number of benzene rings is 3. The van der Waals surface area contributed by atoms with E-state index in [1.165, 1.54) is 17.5 Å². The number of nitrogens with two attached hydrogens (primary N) is 1. The maximum atomic E-state index is 15.1. The first-order chi connectivity index (χ1) is 20.5. The molecule has 8 nitrogen and oxygen atoms in total. The van der Waals surface area contributed by atoms with Crippen LogP contribution in [0.25, 0.3) is 27.5 Å². The SMILES string of the molecule is NS(=O)(=O)c1ccc(Cc2c(-c3ccc(F)c(-c4ccc(Cl)cc4)c3)nn(-c3nc(C(=O)O)cs3)c2CC2CC2)cc1F. The molecule has 0 atom stereocenters. The standard InChI is InChI=1S/C30H23ClF2N4O4S2/c31-20-7-4-18(5-8-20)21-14-19(6-9-23(21)32)28-22(11-17-3-10-27(24(33)12-17)43(34,40)41)26(13-16-1-2-16)37(36-28)30-35-25(15-42-30)29(38)39/h3-10,12,14-16H,1-2,11,13H2,(H,38,39)(H2,34,40,41). The van der Waals surface area contributed by atoms with Gasteiger partial charge in [-0.2, -0.15) is 5.10 Å². The molecule has 2 heterocycles. The van der Waals surface area contributed by atoms with Crippen molar-refractivity contribution >= 4 is 38.9 Å². The zero-order valence-corrected chi connectivity index (χ0v) is 24.7. The summed E-state index contributed by atoms with van der Waals surface area (Å²) in [6, 6.07) is 15.1. The molecule has 13 heteroatoms. The highest BCUT2D eigenvalue weighted by molar-refractivity contribution is 7.89. The molecule has 1 aliphatic rings. The van der Waals surface area contributed by atoms with Gasteiger partial charge in [-0.1, -0.05) is 29.8 Å². The van der Waals surface area contributed by atoms with Crippen molar-refractivity contribution in [3.63, 3.8) is 0 Å². The zero-order valence-electron chi connectivity index (χ0n) is 22.3. The molecule has 0 radical (unpaired) electrons. The lowest BCUT2D eigenvalue weighted by molar-refractivity contribution is 0.0691. The van der Waals surface area contributed by atoms with E-state index in [0.29, 0.717) is 56.0 Å². The number of hydrogen-bond donors (Lipinski definition) is 2. The van der Waals surface area contributed by atoms with Crippen LogP contribution >= 0.6 is 22.9 Å². The van der Waals surface area contributed by atoms with Gasteiger partial charge in [-0.05, 0) is 78.8 Å². The van der Waals surface area contributed by atoms with Gasteiger partial charge in [-0.3, -0.25) is 0 Å². The number of carboxylic acid groups (broad SMARTS) is 1. The van der Waals surface area contributed by atoms with E-state index in [1.54, 1.807) is 41.1 Å². The number of rotatable bonds is 9. The van der Waals surface area contributed by atoms with E-state index in [1.807, 2.05) is 0 Å². The van der Waals surface area contributed by atoms with Gasteiger partial charge in [0.25, 0.3) is 0 Å². The predicted octanol–water partition coefficient (Wildman–Crippen LogP) is 6.48. The maximum Gasteiger partial charge on any atom is 0.355 e. The summed E-state index contributed by atoms with van der Waals surface area (Å²) < 4.78 is 55.1. The average Bonchev–Trinajstić information content (AvgIpc) is 3.51. The van der Waals surface area contributed by atoms with Crippen LogP contribution in [-0.2, 0) is 22.9 Å². The fourth-order valence-corrected chi connectivity index (χ4v) is 6.43. The van der Waals surface area contributed by atoms with E-state index >= 15 is 4.39 Å². The van der Waals surface area contributed by atoms with Crippen molar-refractivity contribution in [2.24, 2.45) is 11.1 Å². The van der Waals surface area contributed by atoms with Crippen LogP contribution in [0.15, 0.2) is 70.9 Å². The summed E-state index contributed by atoms with van der Waals surface area (Å²) in [6.45, 7) is 0. The largest absolute Gasteiger partial charge is 0.476 e. The molecule has 1 saturated carbocycles. The van der Waals surface area contributed by atoms with E-state index in [0.717, 1.165) is 42.0 Å². The fourth-order valence-electron chi connectivity index (χ4n) is 4.94. The molecule has 0 spiro atoms. The third-order valence-electron chi connectivity index (χ3n) is 7.24. The Balaban J connectivity index is 1.54. The van der Waals surface area contributed by atoms with Crippen LogP contribution < -0.4 is 5.14 Å². The predicted molar refractivity (Wildman–Crippen MR) is 159 cm³/mol. The molecule has 3 N–H and O–H groups in total. The van der Waals surface area contributed by atoms with Crippen molar-refractivity contribution in [3.05, 3.63) is 105 Å². The van der Waals surface area contributed by atoms with E-state index in [9.17, 15) is 22.7 Å². The molecule has 0 aliphatic heterocycles. The lowest BCUT2D eigenvalue weighted by Crippen LogP contribution is -2.14. The van der Waals surface area contributed by atoms with Gasteiger partial charge in [0.15, 0.2) is 5.69 Å². The molecule has 6 rings (SSSR count). The molecule has 2 aromatic heterocycles. The highest BCUT2D eigenvalue weighted by Crippen LogP contribution is 2.39. The zero-order chi connectivity index (χ0) is 30.5. The molecule has 0 saturated heterocycles. The van der Waals surface area contributed by atoms with Crippen LogP contribution in [0.5, 0.6) is 0 Å². The summed E-state index contributed by atoms with van der Waals surface area (Å²) >= 11 is 7.16. The molecule has 0 amide bonds. The van der Waals surface area contributed by atoms with Gasteiger partial charge >= 0.3 is 5.97 Å². The maximum absolute atomic E-state index is 15.1. The van der Waals surface area contributed by atoms with Gasteiger partial charge < -0.3 is 5.11 Å². The summed E-state index contributed by atoms with van der Waals surface area (Å²) in [7, 11) is -4.25. The Kier molecular flexibility index (Phi) is 7.63. The number of hydrogen-bond acceptors (Lipinski definition) is 6. The van der Waals surface area contributed by atoms with Crippen molar-refractivity contribution < 1.29 is 27.1 Å². The number of carbonyl (C=O) groups is 1. The topological polar surface area (TPSA) is 128 Å². The molecule has 3 aromatic carbocycles. The number of halogens is 3. The fraction of sp³-hybridized carbons (Fsp3) is 0.167. The van der Waals surface area contributed by atoms with Crippen LogP contribution in [0.2, 0.25) is 5.02 Å². The van der Waals surface area contributed by atoms with Gasteiger partial charge in [0.05, 0.1) is 11.4 Å². The molecule has 220 valence electrons. The number of thiazole rings is 1. The molecule has 43 heavy (non-hydrogen) atoms. The number of aromatic nitrogens is 3. The summed E-state index contributed by atoms with van der Waals surface area (Å²) in [6.07, 6.45) is 2.78. The molecule has 5 aromatic rings. The van der Waals surface area contributed by atoms with E-state index in [2.05, 4.69) is 4.98 Å². The molecule has 1 fully saturated rings. The minimum Gasteiger partial charge on any atom is -0.476 e. The van der Waals surface area contributed by atoms with Crippen LogP contribution in [0.4, 0.5) is 8.78 Å². The average molecular weight is 641 g/mol. The summed E-state index contributed by atoms with van der Waals surface area (Å²) in [5.74, 6) is -2.22. The van der Waals surface area contributed by atoms with Gasteiger partial charge in [0.2, 0.25) is 15.2 Å². The van der Waals surface area contributed by atoms with E-state index < -0.39 is 32.5 Å². The van der Waals surface area contributed by atoms with E-state index in [-0.39, 0.29) is 12.1 Å². The second-order valence-electron chi connectivity index (χ2n) is 10.3. The molecule has 0 unspecified atom stereocenters. The van der Waals surface area contributed by atoms with Gasteiger partial charge in [-0.25, -0.2) is 36.8 Å². The first kappa shape index (κ1) is 29.1. The van der Waals surface area contributed by atoms with E-state index in [4.69, 9.17) is 21.8 Å². The minimum absolute atomic E-state index is 0.122. The minimum atomic E-state index is -4.25. The van der Waals surface area contributed by atoms with Crippen LogP contribution in [0.3, 0.4) is 0 Å². The lowest BCUT2D eigenvalue weighted by Gasteiger charge is -2.11. The van der Waals surface area contributed by atoms with Crippen molar-refractivity contribution in [2.75, 3.05) is 0 Å². The first-order valence-corrected chi connectivity index (χ1v) is 16.0. The monoisotopic (exact) mass is 640 g/mol. The Morgan fingerprint density at radius 1 is 1.05 bits per heavy atom. The Hall–Kier alpha value is -3.97. The highest BCUT2D eigenvalue weighted by Gasteiger charge is 2.30. The smallest absolute Gasteiger partial charge is 0.355 e. The quantitative estimate of drug-likeness (QED) is 0.190. The first-order valence-electron chi connectivity index (χ1n) is 13.1. The van der Waals surface area contributed by atoms with Crippen molar-refractivity contribution in [3.8, 4) is 27.5 Å². The van der Waals surface area contributed by atoms with Crippen molar-refractivity contribution in [2.45, 2.75) is 30.6 Å². The van der Waals surface area contributed by atoms with Crippen LogP contribution in [-0.4, -0.2) is 34.3 Å². The number of carboxylic acids is 1. The summed E-state index contributed by atoms with van der Waals surface area (Å²) in [4.78, 5) is 15.3. The Morgan fingerprint density at radius 3 is 2.40 bits per heavy atom. The summed E-state index contributed by atoms with van der Waals surface area (Å²) in [5.41, 5.74) is 3.80. The Labute approximate surface area is 254 Å². The van der Waals surface area contributed by atoms with Crippen LogP contribution in [0.1, 0.15) is 40.2 Å². The van der Waals surface area contributed by atoms with Gasteiger partial charge in [0, 0.05) is 33.5 Å². The lowest BCUT2D eigenvalue weighted by atomic mass is 9.95. The van der Waals surface area contributed by atoms with Crippen molar-refractivity contribution in [1.29, 1.82) is 0 Å².